The van der Waals surface area contributed by atoms with Gasteiger partial charge in [-0.1, -0.05) is 30.3 Å². The summed E-state index contributed by atoms with van der Waals surface area (Å²) in [5.41, 5.74) is 5.33. The molecular weight excluding hydrogens is 286 g/mol. The molecule has 2 aromatic rings. The predicted molar refractivity (Wildman–Crippen MR) is 90.8 cm³/mol. The van der Waals surface area contributed by atoms with Gasteiger partial charge in [-0.25, -0.2) is 0 Å². The molecule has 0 radical (unpaired) electrons. The molecule has 23 heavy (non-hydrogen) atoms. The van der Waals surface area contributed by atoms with Crippen molar-refractivity contribution in [1.82, 2.24) is 5.32 Å². The Labute approximate surface area is 137 Å². The molecule has 2 aliphatic carbocycles. The highest BCUT2D eigenvalue weighted by Gasteiger charge is 2.33. The maximum absolute atomic E-state index is 10.4. The maximum Gasteiger partial charge on any atom is 0.119 e. The number of aliphatic hydroxyl groups excluding tert-OH is 1. The lowest BCUT2D eigenvalue weighted by Gasteiger charge is -2.30. The third-order valence-electron chi connectivity index (χ3n) is 5.26. The summed E-state index contributed by atoms with van der Waals surface area (Å²) in [7, 11) is 1.71. The summed E-state index contributed by atoms with van der Waals surface area (Å²) in [6.45, 7) is 0. The number of benzene rings is 2. The van der Waals surface area contributed by atoms with Gasteiger partial charge in [0, 0.05) is 12.5 Å². The Bertz CT molecular complexity index is 713. The molecule has 3 heteroatoms. The maximum atomic E-state index is 10.4. The van der Waals surface area contributed by atoms with Gasteiger partial charge in [0.05, 0.1) is 19.3 Å². The van der Waals surface area contributed by atoms with Gasteiger partial charge in [-0.15, -0.1) is 0 Å². The van der Waals surface area contributed by atoms with Crippen molar-refractivity contribution in [1.29, 1.82) is 0 Å². The molecule has 2 aromatic carbocycles. The SMILES string of the molecule is COc1ccc2c(c1)CC(N[C@@H]1c3ccccc3C[C@@H]1O)CC2. The van der Waals surface area contributed by atoms with Crippen LogP contribution in [-0.2, 0) is 19.3 Å². The molecule has 2 N–H and O–H groups in total. The van der Waals surface area contributed by atoms with Crippen molar-refractivity contribution in [2.24, 2.45) is 0 Å². The van der Waals surface area contributed by atoms with Crippen LogP contribution in [0.2, 0.25) is 0 Å². The van der Waals surface area contributed by atoms with Crippen LogP contribution in [0.25, 0.3) is 0 Å². The molecule has 120 valence electrons. The summed E-state index contributed by atoms with van der Waals surface area (Å²) < 4.78 is 5.35. The Balaban J connectivity index is 1.52. The normalized spacial score (nSPS) is 25.7. The Morgan fingerprint density at radius 3 is 2.78 bits per heavy atom. The smallest absolute Gasteiger partial charge is 0.119 e. The zero-order valence-electron chi connectivity index (χ0n) is 13.5. The van der Waals surface area contributed by atoms with Crippen LogP contribution in [0.4, 0.5) is 0 Å². The van der Waals surface area contributed by atoms with Crippen LogP contribution in [0.5, 0.6) is 5.75 Å². The molecule has 0 aliphatic heterocycles. The molecule has 0 bridgehead atoms. The van der Waals surface area contributed by atoms with Gasteiger partial charge in [-0.05, 0) is 53.6 Å². The minimum absolute atomic E-state index is 0.0587. The number of fused-ring (bicyclic) bond motifs is 2. The number of ether oxygens (including phenoxy) is 1. The van der Waals surface area contributed by atoms with Crippen LogP contribution < -0.4 is 10.1 Å². The Kier molecular flexibility index (Phi) is 3.83. The molecule has 0 saturated heterocycles. The van der Waals surface area contributed by atoms with Gasteiger partial charge in [0.2, 0.25) is 0 Å². The first-order valence-electron chi connectivity index (χ1n) is 8.42. The van der Waals surface area contributed by atoms with E-state index in [0.717, 1.165) is 31.4 Å². The number of rotatable bonds is 3. The fourth-order valence-electron chi connectivity index (χ4n) is 4.03. The number of hydrogen-bond donors (Lipinski definition) is 2. The van der Waals surface area contributed by atoms with Crippen molar-refractivity contribution >= 4 is 0 Å². The van der Waals surface area contributed by atoms with Gasteiger partial charge < -0.3 is 15.2 Å². The van der Waals surface area contributed by atoms with Crippen molar-refractivity contribution in [3.05, 3.63) is 64.7 Å². The zero-order chi connectivity index (χ0) is 15.8. The Morgan fingerprint density at radius 1 is 1.04 bits per heavy atom. The van der Waals surface area contributed by atoms with Gasteiger partial charge in [0.25, 0.3) is 0 Å². The van der Waals surface area contributed by atoms with Crippen LogP contribution in [0.3, 0.4) is 0 Å². The first-order valence-corrected chi connectivity index (χ1v) is 8.42. The molecule has 3 nitrogen and oxygen atoms in total. The topological polar surface area (TPSA) is 41.5 Å². The van der Waals surface area contributed by atoms with E-state index in [1.165, 1.54) is 22.3 Å². The van der Waals surface area contributed by atoms with Crippen molar-refractivity contribution in [2.75, 3.05) is 7.11 Å². The summed E-state index contributed by atoms with van der Waals surface area (Å²) >= 11 is 0. The molecule has 1 unspecified atom stereocenters. The van der Waals surface area contributed by atoms with Crippen molar-refractivity contribution < 1.29 is 9.84 Å². The van der Waals surface area contributed by atoms with E-state index < -0.39 is 0 Å². The van der Waals surface area contributed by atoms with Crippen molar-refractivity contribution in [2.45, 2.75) is 43.9 Å². The Hall–Kier alpha value is -1.84. The average Bonchev–Trinajstić information content (AvgIpc) is 2.90. The standard InChI is InChI=1S/C20H23NO2/c1-23-17-9-7-13-6-8-16(10-15(13)11-17)21-20-18-5-3-2-4-14(18)12-19(20)22/h2-5,7,9,11,16,19-22H,6,8,10,12H2,1H3/t16?,19-,20+/m0/s1. The first-order chi connectivity index (χ1) is 11.2. The summed E-state index contributed by atoms with van der Waals surface area (Å²) in [5, 5.41) is 14.1. The lowest BCUT2D eigenvalue weighted by atomic mass is 9.87. The molecule has 4 rings (SSSR count). The van der Waals surface area contributed by atoms with Crippen molar-refractivity contribution in [3.8, 4) is 5.75 Å². The lowest BCUT2D eigenvalue weighted by Crippen LogP contribution is -2.40. The first kappa shape index (κ1) is 14.7. The van der Waals surface area contributed by atoms with E-state index in [-0.39, 0.29) is 12.1 Å². The molecule has 3 atom stereocenters. The van der Waals surface area contributed by atoms with E-state index in [9.17, 15) is 5.11 Å². The summed E-state index contributed by atoms with van der Waals surface area (Å²) in [6.07, 6.45) is 3.63. The van der Waals surface area contributed by atoms with Crippen LogP contribution in [0.15, 0.2) is 42.5 Å². The van der Waals surface area contributed by atoms with Gasteiger partial charge >= 0.3 is 0 Å². The predicted octanol–water partition coefficient (Wildman–Crippen LogP) is 2.80. The third-order valence-corrected chi connectivity index (χ3v) is 5.26. The highest BCUT2D eigenvalue weighted by atomic mass is 16.5. The van der Waals surface area contributed by atoms with Gasteiger partial charge in [-0.2, -0.15) is 0 Å². The number of nitrogens with one attached hydrogen (secondary N) is 1. The molecule has 2 aliphatic rings. The fourth-order valence-corrected chi connectivity index (χ4v) is 4.03. The highest BCUT2D eigenvalue weighted by Crippen LogP contribution is 2.33. The van der Waals surface area contributed by atoms with Gasteiger partial charge in [0.15, 0.2) is 0 Å². The van der Waals surface area contributed by atoms with E-state index in [4.69, 9.17) is 4.74 Å². The molecular formula is C20H23NO2. The second kappa shape index (κ2) is 5.99. The van der Waals surface area contributed by atoms with E-state index in [1.54, 1.807) is 7.11 Å². The van der Waals surface area contributed by atoms with E-state index in [0.29, 0.717) is 6.04 Å². The second-order valence-corrected chi connectivity index (χ2v) is 6.69. The quantitative estimate of drug-likeness (QED) is 0.916. The molecule has 0 amide bonds. The summed E-state index contributed by atoms with van der Waals surface area (Å²) in [6, 6.07) is 15.2. The molecule has 0 spiro atoms. The van der Waals surface area contributed by atoms with Gasteiger partial charge in [-0.3, -0.25) is 0 Å². The molecule has 0 aromatic heterocycles. The molecule has 0 heterocycles. The van der Waals surface area contributed by atoms with Gasteiger partial charge in [0.1, 0.15) is 5.75 Å². The number of methoxy groups -OCH3 is 1. The van der Waals surface area contributed by atoms with E-state index in [1.807, 2.05) is 6.07 Å². The molecule has 0 saturated carbocycles. The van der Waals surface area contributed by atoms with E-state index in [2.05, 4.69) is 41.7 Å². The number of hydrogen-bond acceptors (Lipinski definition) is 3. The van der Waals surface area contributed by atoms with Crippen LogP contribution in [0, 0.1) is 0 Å². The molecule has 0 fully saturated rings. The third kappa shape index (κ3) is 2.75. The summed E-state index contributed by atoms with van der Waals surface area (Å²) in [4.78, 5) is 0. The minimum atomic E-state index is -0.320. The largest absolute Gasteiger partial charge is 0.497 e. The summed E-state index contributed by atoms with van der Waals surface area (Å²) in [5.74, 6) is 0.927. The van der Waals surface area contributed by atoms with E-state index >= 15 is 0 Å². The zero-order valence-corrected chi connectivity index (χ0v) is 13.5. The van der Waals surface area contributed by atoms with Crippen LogP contribution in [-0.4, -0.2) is 24.4 Å². The monoisotopic (exact) mass is 309 g/mol. The average molecular weight is 309 g/mol. The fraction of sp³-hybridized carbons (Fsp3) is 0.400. The Morgan fingerprint density at radius 2 is 1.91 bits per heavy atom. The van der Waals surface area contributed by atoms with Crippen LogP contribution in [0.1, 0.15) is 34.7 Å². The highest BCUT2D eigenvalue weighted by molar-refractivity contribution is 5.39. The minimum Gasteiger partial charge on any atom is -0.497 e. The second-order valence-electron chi connectivity index (χ2n) is 6.69. The number of aliphatic hydroxyl groups is 1. The van der Waals surface area contributed by atoms with Crippen LogP contribution >= 0.6 is 0 Å². The number of aryl methyl sites for hydroxylation is 1. The lowest BCUT2D eigenvalue weighted by molar-refractivity contribution is 0.133. The van der Waals surface area contributed by atoms with Crippen molar-refractivity contribution in [3.63, 3.8) is 0 Å².